The molecule has 1 amide bonds. The van der Waals surface area contributed by atoms with E-state index in [1.807, 2.05) is 13.8 Å². The van der Waals surface area contributed by atoms with Gasteiger partial charge in [-0.1, -0.05) is 27.7 Å². The summed E-state index contributed by atoms with van der Waals surface area (Å²) in [5.74, 6) is 0.309. The quantitative estimate of drug-likeness (QED) is 0.820. The molecule has 4 heteroatoms. The number of nitrogens with two attached hydrogens (primary N) is 1. The molecule has 1 aliphatic heterocycles. The van der Waals surface area contributed by atoms with E-state index in [9.17, 15) is 4.79 Å². The Morgan fingerprint density at radius 3 is 2.58 bits per heavy atom. The van der Waals surface area contributed by atoms with Crippen molar-refractivity contribution in [2.75, 3.05) is 13.2 Å². The van der Waals surface area contributed by atoms with E-state index in [0.717, 1.165) is 19.4 Å². The second kappa shape index (κ2) is 6.71. The van der Waals surface area contributed by atoms with Gasteiger partial charge in [0.05, 0.1) is 6.10 Å². The number of rotatable bonds is 4. The van der Waals surface area contributed by atoms with Gasteiger partial charge in [-0.05, 0) is 25.2 Å². The number of nitrogens with one attached hydrogen (secondary N) is 1. The van der Waals surface area contributed by atoms with E-state index in [-0.39, 0.29) is 29.4 Å². The fraction of sp³-hybridized carbons (Fsp3) is 0.933. The van der Waals surface area contributed by atoms with Crippen molar-refractivity contribution < 1.29 is 9.53 Å². The van der Waals surface area contributed by atoms with Gasteiger partial charge in [-0.25, -0.2) is 0 Å². The minimum Gasteiger partial charge on any atom is -0.377 e. The third-order valence-corrected chi connectivity index (χ3v) is 4.04. The van der Waals surface area contributed by atoms with E-state index in [2.05, 4.69) is 26.1 Å². The fourth-order valence-electron chi connectivity index (χ4n) is 2.64. The van der Waals surface area contributed by atoms with Crippen LogP contribution in [0.3, 0.4) is 0 Å². The van der Waals surface area contributed by atoms with Crippen molar-refractivity contribution in [3.63, 3.8) is 0 Å². The molecule has 1 heterocycles. The summed E-state index contributed by atoms with van der Waals surface area (Å²) in [4.78, 5) is 12.0. The van der Waals surface area contributed by atoms with E-state index in [1.165, 1.54) is 0 Å². The zero-order chi connectivity index (χ0) is 14.6. The van der Waals surface area contributed by atoms with Crippen LogP contribution in [0.2, 0.25) is 0 Å². The number of hydrogen-bond donors (Lipinski definition) is 2. The van der Waals surface area contributed by atoms with Crippen LogP contribution in [0.4, 0.5) is 0 Å². The first-order valence-electron chi connectivity index (χ1n) is 7.38. The highest BCUT2D eigenvalue weighted by molar-refractivity contribution is 5.78. The van der Waals surface area contributed by atoms with Crippen molar-refractivity contribution in [2.45, 2.75) is 59.6 Å². The van der Waals surface area contributed by atoms with Crippen molar-refractivity contribution in [1.82, 2.24) is 5.32 Å². The van der Waals surface area contributed by atoms with Crippen molar-refractivity contribution in [3.8, 4) is 0 Å². The maximum atomic E-state index is 12.0. The highest BCUT2D eigenvalue weighted by Crippen LogP contribution is 2.33. The summed E-state index contributed by atoms with van der Waals surface area (Å²) in [6.45, 7) is 11.9. The van der Waals surface area contributed by atoms with Gasteiger partial charge < -0.3 is 15.8 Å². The topological polar surface area (TPSA) is 64.4 Å². The van der Waals surface area contributed by atoms with Gasteiger partial charge in [0.15, 0.2) is 0 Å². The van der Waals surface area contributed by atoms with Crippen LogP contribution in [0.1, 0.15) is 47.5 Å². The van der Waals surface area contributed by atoms with Crippen LogP contribution in [0.15, 0.2) is 0 Å². The largest absolute Gasteiger partial charge is 0.377 e. The normalized spacial score (nSPS) is 27.7. The van der Waals surface area contributed by atoms with E-state index in [0.29, 0.717) is 12.5 Å². The summed E-state index contributed by atoms with van der Waals surface area (Å²) in [7, 11) is 0. The van der Waals surface area contributed by atoms with Crippen molar-refractivity contribution >= 4 is 5.91 Å². The summed E-state index contributed by atoms with van der Waals surface area (Å²) in [5.41, 5.74) is 5.87. The molecule has 0 radical (unpaired) electrons. The van der Waals surface area contributed by atoms with Crippen LogP contribution in [-0.2, 0) is 9.53 Å². The third kappa shape index (κ3) is 4.77. The first kappa shape index (κ1) is 16.4. The molecular formula is C15H30N2O2. The van der Waals surface area contributed by atoms with Crippen LogP contribution in [0, 0.1) is 17.3 Å². The number of carbonyl (C=O) groups is 1. The molecule has 19 heavy (non-hydrogen) atoms. The Morgan fingerprint density at radius 2 is 2.05 bits per heavy atom. The predicted octanol–water partition coefficient (Wildman–Crippen LogP) is 1.93. The zero-order valence-electron chi connectivity index (χ0n) is 13.0. The Labute approximate surface area is 117 Å². The van der Waals surface area contributed by atoms with Gasteiger partial charge in [0.1, 0.15) is 0 Å². The van der Waals surface area contributed by atoms with Crippen LogP contribution in [-0.4, -0.2) is 31.2 Å². The Hall–Kier alpha value is -0.610. The number of amides is 1. The SMILES string of the molecule is CC(N)C(C)C(=O)NCC1CCCOC1C(C)(C)C. The molecule has 1 fully saturated rings. The maximum absolute atomic E-state index is 12.0. The molecule has 0 aromatic heterocycles. The molecular weight excluding hydrogens is 240 g/mol. The van der Waals surface area contributed by atoms with E-state index in [4.69, 9.17) is 10.5 Å². The van der Waals surface area contributed by atoms with E-state index < -0.39 is 0 Å². The van der Waals surface area contributed by atoms with E-state index >= 15 is 0 Å². The lowest BCUT2D eigenvalue weighted by atomic mass is 9.78. The van der Waals surface area contributed by atoms with Gasteiger partial charge in [0.25, 0.3) is 0 Å². The Balaban J connectivity index is 2.52. The molecule has 0 aromatic carbocycles. The fourth-order valence-corrected chi connectivity index (χ4v) is 2.64. The molecule has 0 bridgehead atoms. The lowest BCUT2D eigenvalue weighted by Gasteiger charge is -2.40. The third-order valence-electron chi connectivity index (χ3n) is 4.04. The second-order valence-corrected chi connectivity index (χ2v) is 6.95. The van der Waals surface area contributed by atoms with E-state index in [1.54, 1.807) is 0 Å². The standard InChI is InChI=1S/C15H30N2O2/c1-10(11(2)16)14(18)17-9-12-7-6-8-19-13(12)15(3,4)5/h10-13H,6-9,16H2,1-5H3,(H,17,18). The monoisotopic (exact) mass is 270 g/mol. The summed E-state index contributed by atoms with van der Waals surface area (Å²) in [6, 6.07) is -0.110. The highest BCUT2D eigenvalue weighted by atomic mass is 16.5. The average molecular weight is 270 g/mol. The van der Waals surface area contributed by atoms with Gasteiger partial charge in [-0.15, -0.1) is 0 Å². The minimum absolute atomic E-state index is 0.0493. The Bertz CT molecular complexity index is 297. The first-order valence-corrected chi connectivity index (χ1v) is 7.38. The van der Waals surface area contributed by atoms with Crippen molar-refractivity contribution in [1.29, 1.82) is 0 Å². The summed E-state index contributed by atoms with van der Waals surface area (Å²) >= 11 is 0. The van der Waals surface area contributed by atoms with Crippen molar-refractivity contribution in [2.24, 2.45) is 23.0 Å². The van der Waals surface area contributed by atoms with Gasteiger partial charge in [0, 0.05) is 31.0 Å². The van der Waals surface area contributed by atoms with Crippen LogP contribution in [0.25, 0.3) is 0 Å². The lowest BCUT2D eigenvalue weighted by molar-refractivity contribution is -0.126. The molecule has 4 nitrogen and oxygen atoms in total. The molecule has 1 rings (SSSR count). The van der Waals surface area contributed by atoms with Crippen LogP contribution < -0.4 is 11.1 Å². The number of carbonyl (C=O) groups excluding carboxylic acids is 1. The van der Waals surface area contributed by atoms with Crippen LogP contribution >= 0.6 is 0 Å². The molecule has 0 aliphatic carbocycles. The summed E-state index contributed by atoms with van der Waals surface area (Å²) < 4.78 is 5.92. The highest BCUT2D eigenvalue weighted by Gasteiger charge is 2.35. The molecule has 1 saturated heterocycles. The molecule has 0 aromatic rings. The smallest absolute Gasteiger partial charge is 0.224 e. The Morgan fingerprint density at radius 1 is 1.42 bits per heavy atom. The number of ether oxygens (including phenoxy) is 1. The number of hydrogen-bond acceptors (Lipinski definition) is 3. The average Bonchev–Trinajstić information content (AvgIpc) is 2.34. The molecule has 4 unspecified atom stereocenters. The maximum Gasteiger partial charge on any atom is 0.224 e. The Kier molecular flexibility index (Phi) is 5.81. The van der Waals surface area contributed by atoms with Gasteiger partial charge in [0.2, 0.25) is 5.91 Å². The van der Waals surface area contributed by atoms with Gasteiger partial charge >= 0.3 is 0 Å². The minimum atomic E-state index is -0.141. The van der Waals surface area contributed by atoms with Gasteiger partial charge in [-0.3, -0.25) is 4.79 Å². The first-order chi connectivity index (χ1) is 8.73. The van der Waals surface area contributed by atoms with Gasteiger partial charge in [-0.2, -0.15) is 0 Å². The predicted molar refractivity (Wildman–Crippen MR) is 77.7 cm³/mol. The molecule has 4 atom stereocenters. The molecule has 3 N–H and O–H groups in total. The summed E-state index contributed by atoms with van der Waals surface area (Å²) in [5, 5.41) is 3.04. The van der Waals surface area contributed by atoms with Crippen molar-refractivity contribution in [3.05, 3.63) is 0 Å². The molecule has 112 valence electrons. The zero-order valence-corrected chi connectivity index (χ0v) is 13.0. The molecule has 0 spiro atoms. The second-order valence-electron chi connectivity index (χ2n) is 6.95. The molecule has 0 saturated carbocycles. The van der Waals surface area contributed by atoms with Crippen LogP contribution in [0.5, 0.6) is 0 Å². The summed E-state index contributed by atoms with van der Waals surface area (Å²) in [6.07, 6.45) is 2.41. The lowest BCUT2D eigenvalue weighted by Crippen LogP contribution is -2.47. The molecule has 1 aliphatic rings.